The predicted octanol–water partition coefficient (Wildman–Crippen LogP) is 2.71. The van der Waals surface area contributed by atoms with Gasteiger partial charge in [0.1, 0.15) is 0 Å². The molecule has 0 fully saturated rings. The van der Waals surface area contributed by atoms with Gasteiger partial charge in [0, 0.05) is 0 Å². The van der Waals surface area contributed by atoms with E-state index in [0.717, 1.165) is 5.57 Å². The van der Waals surface area contributed by atoms with Gasteiger partial charge in [0.15, 0.2) is 11.5 Å². The van der Waals surface area contributed by atoms with E-state index in [2.05, 4.69) is 6.58 Å². The minimum Gasteiger partial charge on any atom is -0.493 e. The van der Waals surface area contributed by atoms with E-state index in [0.29, 0.717) is 29.2 Å². The first-order chi connectivity index (χ1) is 8.53. The zero-order valence-electron chi connectivity index (χ0n) is 11.3. The molecule has 0 radical (unpaired) electrons. The largest absolute Gasteiger partial charge is 0.493 e. The van der Waals surface area contributed by atoms with Gasteiger partial charge in [-0.1, -0.05) is 5.57 Å². The fourth-order valence-corrected chi connectivity index (χ4v) is 1.74. The van der Waals surface area contributed by atoms with Crippen LogP contribution in [0.15, 0.2) is 24.3 Å². The lowest BCUT2D eigenvalue weighted by molar-refractivity contribution is 0.177. The van der Waals surface area contributed by atoms with E-state index in [1.807, 2.05) is 6.92 Å². The summed E-state index contributed by atoms with van der Waals surface area (Å²) in [7, 11) is 4.64. The first-order valence-electron chi connectivity index (χ1n) is 5.65. The van der Waals surface area contributed by atoms with Crippen molar-refractivity contribution >= 4 is 0 Å². The van der Waals surface area contributed by atoms with Gasteiger partial charge in [0.05, 0.1) is 27.4 Å². The summed E-state index contributed by atoms with van der Waals surface area (Å²) >= 11 is 0. The molecule has 1 aromatic carbocycles. The minimum absolute atomic E-state index is 0.499. The average Bonchev–Trinajstić information content (AvgIpc) is 2.35. The summed E-state index contributed by atoms with van der Waals surface area (Å²) in [6, 6.07) is 3.49. The highest BCUT2D eigenvalue weighted by atomic mass is 16.5. The number of ether oxygens (including phenoxy) is 3. The van der Waals surface area contributed by atoms with Crippen molar-refractivity contribution in [1.82, 2.24) is 0 Å². The maximum absolute atomic E-state index is 10.1. The Kier molecular flexibility index (Phi) is 5.04. The molecular weight excluding hydrogens is 232 g/mol. The zero-order chi connectivity index (χ0) is 13.7. The van der Waals surface area contributed by atoms with Gasteiger partial charge < -0.3 is 19.3 Å². The Balaban J connectivity index is 3.18. The number of benzene rings is 1. The van der Waals surface area contributed by atoms with Crippen molar-refractivity contribution in [3.63, 3.8) is 0 Å². The number of hydrogen-bond donors (Lipinski definition) is 1. The molecule has 100 valence electrons. The van der Waals surface area contributed by atoms with E-state index >= 15 is 0 Å². The van der Waals surface area contributed by atoms with Crippen LogP contribution in [-0.2, 0) is 0 Å². The molecule has 0 spiro atoms. The van der Waals surface area contributed by atoms with Crippen molar-refractivity contribution in [3.8, 4) is 17.2 Å². The topological polar surface area (TPSA) is 47.9 Å². The molecule has 1 atom stereocenters. The highest BCUT2D eigenvalue weighted by Gasteiger charge is 2.17. The van der Waals surface area contributed by atoms with Gasteiger partial charge in [-0.3, -0.25) is 0 Å². The molecule has 1 aromatic rings. The van der Waals surface area contributed by atoms with Crippen molar-refractivity contribution in [3.05, 3.63) is 29.8 Å². The summed E-state index contributed by atoms with van der Waals surface area (Å²) < 4.78 is 15.7. The van der Waals surface area contributed by atoms with Crippen LogP contribution in [0.5, 0.6) is 17.2 Å². The molecule has 0 bridgehead atoms. The maximum Gasteiger partial charge on any atom is 0.203 e. The van der Waals surface area contributed by atoms with E-state index < -0.39 is 6.10 Å². The second-order valence-electron chi connectivity index (χ2n) is 4.14. The lowest BCUT2D eigenvalue weighted by Gasteiger charge is -2.17. The SMILES string of the molecule is C=C(C)C[C@@H](O)c1cc(OC)c(OC)c(OC)c1. The standard InChI is InChI=1S/C14H20O4/c1-9(2)6-11(15)10-7-12(16-3)14(18-5)13(8-10)17-4/h7-8,11,15H,1,6H2,2-5H3/t11-/m1/s1. The number of aliphatic hydroxyl groups excluding tert-OH is 1. The molecule has 0 aliphatic rings. The summed E-state index contributed by atoms with van der Waals surface area (Å²) in [5.74, 6) is 1.59. The predicted molar refractivity (Wildman–Crippen MR) is 70.5 cm³/mol. The number of methoxy groups -OCH3 is 3. The van der Waals surface area contributed by atoms with Crippen LogP contribution in [0.1, 0.15) is 25.0 Å². The summed E-state index contributed by atoms with van der Waals surface area (Å²) in [5.41, 5.74) is 1.63. The number of rotatable bonds is 6. The number of aliphatic hydroxyl groups is 1. The van der Waals surface area contributed by atoms with Crippen LogP contribution in [-0.4, -0.2) is 26.4 Å². The third kappa shape index (κ3) is 3.17. The molecule has 0 heterocycles. The molecule has 4 heteroatoms. The van der Waals surface area contributed by atoms with E-state index in [9.17, 15) is 5.11 Å². The Morgan fingerprint density at radius 3 is 2.00 bits per heavy atom. The van der Waals surface area contributed by atoms with E-state index in [-0.39, 0.29) is 0 Å². The van der Waals surface area contributed by atoms with Gasteiger partial charge in [0.25, 0.3) is 0 Å². The number of hydrogen-bond acceptors (Lipinski definition) is 4. The highest BCUT2D eigenvalue weighted by Crippen LogP contribution is 2.40. The molecule has 0 amide bonds. The van der Waals surface area contributed by atoms with Crippen LogP contribution in [0, 0.1) is 0 Å². The summed E-state index contributed by atoms with van der Waals surface area (Å²) in [4.78, 5) is 0. The van der Waals surface area contributed by atoms with E-state index in [4.69, 9.17) is 14.2 Å². The molecule has 0 aliphatic heterocycles. The Hall–Kier alpha value is -1.68. The van der Waals surface area contributed by atoms with E-state index in [1.165, 1.54) is 0 Å². The molecule has 0 aromatic heterocycles. The third-order valence-corrected chi connectivity index (χ3v) is 2.61. The molecule has 0 unspecified atom stereocenters. The van der Waals surface area contributed by atoms with Crippen LogP contribution in [0.4, 0.5) is 0 Å². The van der Waals surface area contributed by atoms with Crippen molar-refractivity contribution < 1.29 is 19.3 Å². The lowest BCUT2D eigenvalue weighted by Crippen LogP contribution is -2.01. The first kappa shape index (κ1) is 14.4. The van der Waals surface area contributed by atoms with Crippen LogP contribution in [0.25, 0.3) is 0 Å². The van der Waals surface area contributed by atoms with Crippen molar-refractivity contribution in [2.45, 2.75) is 19.4 Å². The fraction of sp³-hybridized carbons (Fsp3) is 0.429. The highest BCUT2D eigenvalue weighted by molar-refractivity contribution is 5.54. The Bertz CT molecular complexity index is 401. The summed E-state index contributed by atoms with van der Waals surface area (Å²) in [6.07, 6.45) is -0.130. The van der Waals surface area contributed by atoms with Gasteiger partial charge in [-0.15, -0.1) is 6.58 Å². The molecule has 0 saturated heterocycles. The molecule has 1 rings (SSSR count). The average molecular weight is 252 g/mol. The van der Waals surface area contributed by atoms with Gasteiger partial charge in [-0.25, -0.2) is 0 Å². The quantitative estimate of drug-likeness (QED) is 0.791. The molecule has 1 N–H and O–H groups in total. The second kappa shape index (κ2) is 6.31. The molecule has 4 nitrogen and oxygen atoms in total. The lowest BCUT2D eigenvalue weighted by atomic mass is 10.0. The Labute approximate surface area is 108 Å². The Morgan fingerprint density at radius 1 is 1.17 bits per heavy atom. The summed E-state index contributed by atoms with van der Waals surface area (Å²) in [6.45, 7) is 5.67. The van der Waals surface area contributed by atoms with Crippen molar-refractivity contribution in [2.24, 2.45) is 0 Å². The zero-order valence-corrected chi connectivity index (χ0v) is 11.3. The van der Waals surface area contributed by atoms with Crippen molar-refractivity contribution in [2.75, 3.05) is 21.3 Å². The van der Waals surface area contributed by atoms with Crippen LogP contribution < -0.4 is 14.2 Å². The first-order valence-corrected chi connectivity index (χ1v) is 5.65. The second-order valence-corrected chi connectivity index (χ2v) is 4.14. The van der Waals surface area contributed by atoms with Crippen LogP contribution in [0.3, 0.4) is 0 Å². The van der Waals surface area contributed by atoms with Gasteiger partial charge >= 0.3 is 0 Å². The minimum atomic E-state index is -0.629. The van der Waals surface area contributed by atoms with Gasteiger partial charge in [-0.2, -0.15) is 0 Å². The van der Waals surface area contributed by atoms with Crippen LogP contribution in [0.2, 0.25) is 0 Å². The molecule has 0 saturated carbocycles. The van der Waals surface area contributed by atoms with Crippen molar-refractivity contribution in [1.29, 1.82) is 0 Å². The summed E-state index contributed by atoms with van der Waals surface area (Å²) in [5, 5.41) is 10.1. The third-order valence-electron chi connectivity index (χ3n) is 2.61. The molecule has 18 heavy (non-hydrogen) atoms. The smallest absolute Gasteiger partial charge is 0.203 e. The molecular formula is C14H20O4. The Morgan fingerprint density at radius 2 is 1.67 bits per heavy atom. The fourth-order valence-electron chi connectivity index (χ4n) is 1.74. The monoisotopic (exact) mass is 252 g/mol. The maximum atomic E-state index is 10.1. The van der Waals surface area contributed by atoms with Gasteiger partial charge in [0.2, 0.25) is 5.75 Å². The molecule has 0 aliphatic carbocycles. The normalized spacial score (nSPS) is 11.8. The van der Waals surface area contributed by atoms with Gasteiger partial charge in [-0.05, 0) is 31.0 Å². The van der Waals surface area contributed by atoms with Crippen LogP contribution >= 0.6 is 0 Å². The van der Waals surface area contributed by atoms with E-state index in [1.54, 1.807) is 33.5 Å².